The number of aromatic nitrogens is 4. The molecule has 2 heterocycles. The molecule has 0 saturated heterocycles. The van der Waals surface area contributed by atoms with Crippen LogP contribution in [0.25, 0.3) is 11.5 Å². The first kappa shape index (κ1) is 20.6. The number of hydrogen-bond acceptors (Lipinski definition) is 7. The van der Waals surface area contributed by atoms with E-state index in [1.807, 2.05) is 0 Å². The number of hydrogen-bond donors (Lipinski definition) is 1. The summed E-state index contributed by atoms with van der Waals surface area (Å²) < 4.78 is 40.6. The molecule has 154 valence electrons. The molecule has 0 radical (unpaired) electrons. The molecule has 11 heteroatoms. The van der Waals surface area contributed by atoms with Crippen LogP contribution in [0.15, 0.2) is 52.3 Å². The zero-order valence-electron chi connectivity index (χ0n) is 16.2. The number of methoxy groups -OCH3 is 2. The standard InChI is InChI=1S/C18H21N5O5S/c1-22-17(14-6-4-5-9-19-14)21-23(18(22)24)11-10-20-29(25,26)16-12-13(27-2)7-8-15(16)28-3/h4-9,12,20H,10-11H2,1-3H3. The van der Waals surface area contributed by atoms with Crippen molar-refractivity contribution in [2.75, 3.05) is 20.8 Å². The molecule has 0 saturated carbocycles. The quantitative estimate of drug-likeness (QED) is 0.569. The van der Waals surface area contributed by atoms with Crippen LogP contribution in [0.1, 0.15) is 0 Å². The van der Waals surface area contributed by atoms with Crippen LogP contribution in [0, 0.1) is 0 Å². The summed E-state index contributed by atoms with van der Waals surface area (Å²) in [4.78, 5) is 16.5. The second kappa shape index (κ2) is 8.45. The highest BCUT2D eigenvalue weighted by Crippen LogP contribution is 2.27. The van der Waals surface area contributed by atoms with E-state index >= 15 is 0 Å². The summed E-state index contributed by atoms with van der Waals surface area (Å²) in [5.41, 5.74) is 0.177. The van der Waals surface area contributed by atoms with Crippen molar-refractivity contribution in [3.05, 3.63) is 53.1 Å². The van der Waals surface area contributed by atoms with Crippen molar-refractivity contribution < 1.29 is 17.9 Å². The van der Waals surface area contributed by atoms with Crippen molar-refractivity contribution in [1.29, 1.82) is 0 Å². The van der Waals surface area contributed by atoms with Gasteiger partial charge >= 0.3 is 5.69 Å². The second-order valence-corrected chi connectivity index (χ2v) is 7.75. The molecule has 0 unspecified atom stereocenters. The number of nitrogens with zero attached hydrogens (tertiary/aromatic N) is 4. The van der Waals surface area contributed by atoms with Crippen LogP contribution < -0.4 is 19.9 Å². The third-order valence-corrected chi connectivity index (χ3v) is 5.69. The molecule has 0 aliphatic rings. The molecule has 1 N–H and O–H groups in total. The van der Waals surface area contributed by atoms with Gasteiger partial charge in [0.15, 0.2) is 5.82 Å². The first-order chi connectivity index (χ1) is 13.9. The molecule has 0 spiro atoms. The van der Waals surface area contributed by atoms with Crippen LogP contribution in [-0.4, -0.2) is 48.5 Å². The van der Waals surface area contributed by atoms with Crippen LogP contribution >= 0.6 is 0 Å². The van der Waals surface area contributed by atoms with Gasteiger partial charge in [0.2, 0.25) is 10.0 Å². The molecule has 0 bridgehead atoms. The number of rotatable bonds is 8. The van der Waals surface area contributed by atoms with Crippen molar-refractivity contribution in [3.8, 4) is 23.0 Å². The monoisotopic (exact) mass is 419 g/mol. The normalized spacial score (nSPS) is 11.4. The van der Waals surface area contributed by atoms with E-state index in [1.54, 1.807) is 37.5 Å². The van der Waals surface area contributed by atoms with Crippen LogP contribution in [0.5, 0.6) is 11.5 Å². The van der Waals surface area contributed by atoms with Gasteiger partial charge in [0.1, 0.15) is 22.1 Å². The number of pyridine rings is 1. The first-order valence-corrected chi connectivity index (χ1v) is 10.1. The molecule has 3 aromatic rings. The number of benzene rings is 1. The Morgan fingerprint density at radius 3 is 2.59 bits per heavy atom. The minimum Gasteiger partial charge on any atom is -0.497 e. The fourth-order valence-electron chi connectivity index (χ4n) is 2.71. The lowest BCUT2D eigenvalue weighted by Crippen LogP contribution is -2.32. The maximum Gasteiger partial charge on any atom is 0.346 e. The Labute approximate surface area is 167 Å². The van der Waals surface area contributed by atoms with Gasteiger partial charge in [-0.05, 0) is 24.3 Å². The van der Waals surface area contributed by atoms with E-state index in [0.717, 1.165) is 0 Å². The molecule has 0 aliphatic carbocycles. The molecule has 10 nitrogen and oxygen atoms in total. The van der Waals surface area contributed by atoms with E-state index < -0.39 is 10.0 Å². The topological polar surface area (TPSA) is 117 Å². The highest BCUT2D eigenvalue weighted by molar-refractivity contribution is 7.89. The summed E-state index contributed by atoms with van der Waals surface area (Å²) in [6.07, 6.45) is 1.61. The Bertz CT molecular complexity index is 1160. The van der Waals surface area contributed by atoms with Crippen molar-refractivity contribution in [2.45, 2.75) is 11.4 Å². The molecule has 1 aromatic carbocycles. The molecule has 3 rings (SSSR count). The van der Waals surface area contributed by atoms with Crippen molar-refractivity contribution in [3.63, 3.8) is 0 Å². The minimum atomic E-state index is -3.89. The van der Waals surface area contributed by atoms with Crippen LogP contribution in [-0.2, 0) is 23.6 Å². The molecule has 29 heavy (non-hydrogen) atoms. The maximum absolute atomic E-state index is 12.7. The SMILES string of the molecule is COc1ccc(OC)c(S(=O)(=O)NCCn2nc(-c3ccccn3)n(C)c2=O)c1. The summed E-state index contributed by atoms with van der Waals surface area (Å²) in [6, 6.07) is 9.78. The molecular formula is C18H21N5O5S. The summed E-state index contributed by atoms with van der Waals surface area (Å²) >= 11 is 0. The first-order valence-electron chi connectivity index (χ1n) is 8.64. The Balaban J connectivity index is 1.77. The fourth-order valence-corrected chi connectivity index (χ4v) is 3.91. The maximum atomic E-state index is 12.7. The van der Waals surface area contributed by atoms with Crippen molar-refractivity contribution >= 4 is 10.0 Å². The Morgan fingerprint density at radius 2 is 1.93 bits per heavy atom. The van der Waals surface area contributed by atoms with Gasteiger partial charge in [-0.2, -0.15) is 0 Å². The van der Waals surface area contributed by atoms with E-state index in [4.69, 9.17) is 9.47 Å². The summed E-state index contributed by atoms with van der Waals surface area (Å²) in [5, 5.41) is 4.26. The van der Waals surface area contributed by atoms with Crippen LogP contribution in [0.3, 0.4) is 0 Å². The number of sulfonamides is 1. The van der Waals surface area contributed by atoms with E-state index in [1.165, 1.54) is 35.6 Å². The molecule has 2 aromatic heterocycles. The Kier molecular flexibility index (Phi) is 5.99. The van der Waals surface area contributed by atoms with Gasteiger partial charge in [0.25, 0.3) is 0 Å². The van der Waals surface area contributed by atoms with Crippen LogP contribution in [0.2, 0.25) is 0 Å². The Morgan fingerprint density at radius 1 is 1.14 bits per heavy atom. The third kappa shape index (κ3) is 4.30. The average molecular weight is 419 g/mol. The zero-order chi connectivity index (χ0) is 21.0. The second-order valence-electron chi connectivity index (χ2n) is 6.02. The smallest absolute Gasteiger partial charge is 0.346 e. The lowest BCUT2D eigenvalue weighted by molar-refractivity contribution is 0.392. The van der Waals surface area contributed by atoms with Crippen molar-refractivity contribution in [2.24, 2.45) is 7.05 Å². The number of nitrogens with one attached hydrogen (secondary N) is 1. The highest BCUT2D eigenvalue weighted by atomic mass is 32.2. The summed E-state index contributed by atoms with van der Waals surface area (Å²) in [5.74, 6) is 0.964. The van der Waals surface area contributed by atoms with Crippen molar-refractivity contribution in [1.82, 2.24) is 24.1 Å². The Hall–Kier alpha value is -3.18. The zero-order valence-corrected chi connectivity index (χ0v) is 17.0. The van der Waals surface area contributed by atoms with E-state index in [0.29, 0.717) is 17.3 Å². The predicted molar refractivity (Wildman–Crippen MR) is 105 cm³/mol. The molecule has 0 atom stereocenters. The highest BCUT2D eigenvalue weighted by Gasteiger charge is 2.21. The molecule has 0 fully saturated rings. The largest absolute Gasteiger partial charge is 0.497 e. The van der Waals surface area contributed by atoms with Gasteiger partial charge in [0, 0.05) is 25.9 Å². The van der Waals surface area contributed by atoms with E-state index in [9.17, 15) is 13.2 Å². The summed E-state index contributed by atoms with van der Waals surface area (Å²) in [6.45, 7) is 0.00625. The van der Waals surface area contributed by atoms with Gasteiger partial charge in [-0.3, -0.25) is 9.55 Å². The number of ether oxygens (including phenoxy) is 2. The fraction of sp³-hybridized carbons (Fsp3) is 0.278. The van der Waals surface area contributed by atoms with E-state index in [2.05, 4.69) is 14.8 Å². The molecular weight excluding hydrogens is 398 g/mol. The molecule has 0 amide bonds. The van der Waals surface area contributed by atoms with Gasteiger partial charge in [-0.25, -0.2) is 22.6 Å². The van der Waals surface area contributed by atoms with Crippen LogP contribution in [0.4, 0.5) is 0 Å². The predicted octanol–water partition coefficient (Wildman–Crippen LogP) is 0.639. The third-order valence-electron chi connectivity index (χ3n) is 4.21. The lowest BCUT2D eigenvalue weighted by atomic mass is 10.3. The van der Waals surface area contributed by atoms with E-state index in [-0.39, 0.29) is 29.4 Å². The molecule has 0 aliphatic heterocycles. The van der Waals surface area contributed by atoms with Gasteiger partial charge in [-0.1, -0.05) is 6.07 Å². The summed E-state index contributed by atoms with van der Waals surface area (Å²) in [7, 11) is 0.518. The van der Waals surface area contributed by atoms with Gasteiger partial charge in [-0.15, -0.1) is 5.10 Å². The lowest BCUT2D eigenvalue weighted by Gasteiger charge is -2.12. The minimum absolute atomic E-state index is 0.0404. The van der Waals surface area contributed by atoms with Gasteiger partial charge < -0.3 is 9.47 Å². The van der Waals surface area contributed by atoms with Gasteiger partial charge in [0.05, 0.1) is 20.8 Å². The average Bonchev–Trinajstić information content (AvgIpc) is 3.02.